The Bertz CT molecular complexity index is 838. The number of anilines is 2. The maximum Gasteiger partial charge on any atom is 0.410 e. The summed E-state index contributed by atoms with van der Waals surface area (Å²) in [6.07, 6.45) is 3.07. The van der Waals surface area contributed by atoms with Crippen LogP contribution in [0.4, 0.5) is 16.6 Å². The molecule has 3 rings (SSSR count). The molecule has 28 heavy (non-hydrogen) atoms. The number of hydrogen-bond donors (Lipinski definition) is 2. The number of aromatic nitrogens is 4. The summed E-state index contributed by atoms with van der Waals surface area (Å²) >= 11 is 3.47. The van der Waals surface area contributed by atoms with E-state index in [0.717, 1.165) is 17.4 Å². The number of rotatable bonds is 4. The molecule has 1 aliphatic heterocycles. The second kappa shape index (κ2) is 8.10. The fourth-order valence-electron chi connectivity index (χ4n) is 3.00. The van der Waals surface area contributed by atoms with Gasteiger partial charge in [-0.25, -0.2) is 9.78 Å². The first kappa shape index (κ1) is 20.6. The summed E-state index contributed by atoms with van der Waals surface area (Å²) in [4.78, 5) is 23.0. The molecule has 0 bridgehead atoms. The normalized spacial score (nSPS) is 15.9. The van der Waals surface area contributed by atoms with Gasteiger partial charge in [-0.05, 0) is 63.4 Å². The van der Waals surface area contributed by atoms with Crippen LogP contribution in [0.5, 0.6) is 0 Å². The molecular weight excluding hydrogens is 426 g/mol. The van der Waals surface area contributed by atoms with Crippen LogP contribution >= 0.6 is 15.9 Å². The van der Waals surface area contributed by atoms with Crippen molar-refractivity contribution < 1.29 is 9.53 Å². The zero-order chi connectivity index (χ0) is 20.5. The zero-order valence-electron chi connectivity index (χ0n) is 17.0. The molecule has 0 aromatic carbocycles. The summed E-state index contributed by atoms with van der Waals surface area (Å²) in [5, 5.41) is 11.2. The Morgan fingerprint density at radius 2 is 2.00 bits per heavy atom. The van der Waals surface area contributed by atoms with Gasteiger partial charge < -0.3 is 20.3 Å². The molecule has 0 spiro atoms. The van der Waals surface area contributed by atoms with Crippen molar-refractivity contribution in [3.63, 3.8) is 0 Å². The standard InChI is InChI=1S/C18H28BrN7O2/c1-11(2)21-16-23-14(15-20-10-13(19)26(15)24-16)22-12-6-8-25(9-7-12)17(27)28-18(3,4)5/h10-12H,6-9H2,1-5H3,(H2,21,22,23,24). The molecule has 0 atom stereocenters. The lowest BCUT2D eigenvalue weighted by molar-refractivity contribution is 0.0210. The van der Waals surface area contributed by atoms with Crippen LogP contribution in [0.1, 0.15) is 47.5 Å². The van der Waals surface area contributed by atoms with E-state index in [9.17, 15) is 4.79 Å². The van der Waals surface area contributed by atoms with Crippen molar-refractivity contribution in [2.24, 2.45) is 0 Å². The van der Waals surface area contributed by atoms with E-state index in [-0.39, 0.29) is 18.2 Å². The smallest absolute Gasteiger partial charge is 0.410 e. The quantitative estimate of drug-likeness (QED) is 0.730. The molecule has 2 aromatic heterocycles. The number of ether oxygens (including phenoxy) is 1. The lowest BCUT2D eigenvalue weighted by atomic mass is 10.1. The van der Waals surface area contributed by atoms with Crippen LogP contribution in [-0.2, 0) is 4.74 Å². The summed E-state index contributed by atoms with van der Waals surface area (Å²) in [5.41, 5.74) is 0.183. The summed E-state index contributed by atoms with van der Waals surface area (Å²) < 4.78 is 7.94. The van der Waals surface area contributed by atoms with E-state index in [1.165, 1.54) is 0 Å². The molecule has 0 unspecified atom stereocenters. The number of carbonyl (C=O) groups is 1. The predicted octanol–water partition coefficient (Wildman–Crippen LogP) is 3.52. The van der Waals surface area contributed by atoms with E-state index >= 15 is 0 Å². The van der Waals surface area contributed by atoms with Crippen molar-refractivity contribution in [3.8, 4) is 0 Å². The highest BCUT2D eigenvalue weighted by Gasteiger charge is 2.27. The van der Waals surface area contributed by atoms with Crippen LogP contribution in [0.3, 0.4) is 0 Å². The molecule has 2 aromatic rings. The molecule has 9 nitrogen and oxygen atoms in total. The number of piperidine rings is 1. The van der Waals surface area contributed by atoms with E-state index < -0.39 is 5.60 Å². The maximum atomic E-state index is 12.2. The predicted molar refractivity (Wildman–Crippen MR) is 112 cm³/mol. The Morgan fingerprint density at radius 3 is 2.61 bits per heavy atom. The minimum Gasteiger partial charge on any atom is -0.444 e. The third-order valence-electron chi connectivity index (χ3n) is 4.23. The number of imidazole rings is 1. The van der Waals surface area contributed by atoms with Gasteiger partial charge >= 0.3 is 6.09 Å². The molecule has 154 valence electrons. The van der Waals surface area contributed by atoms with Gasteiger partial charge in [0.2, 0.25) is 5.95 Å². The summed E-state index contributed by atoms with van der Waals surface area (Å²) in [6, 6.07) is 0.407. The molecule has 1 amide bonds. The van der Waals surface area contributed by atoms with E-state index in [2.05, 4.69) is 41.6 Å². The molecule has 0 saturated carbocycles. The van der Waals surface area contributed by atoms with E-state index in [1.807, 2.05) is 34.6 Å². The van der Waals surface area contributed by atoms with Gasteiger partial charge in [-0.3, -0.25) is 0 Å². The zero-order valence-corrected chi connectivity index (χ0v) is 18.6. The summed E-state index contributed by atoms with van der Waals surface area (Å²) in [5.74, 6) is 1.22. The van der Waals surface area contributed by atoms with Gasteiger partial charge in [0.1, 0.15) is 10.2 Å². The minimum atomic E-state index is -0.480. The molecule has 1 saturated heterocycles. The largest absolute Gasteiger partial charge is 0.444 e. The van der Waals surface area contributed by atoms with E-state index in [0.29, 0.717) is 30.5 Å². The van der Waals surface area contributed by atoms with Gasteiger partial charge in [-0.1, -0.05) is 0 Å². The highest BCUT2D eigenvalue weighted by molar-refractivity contribution is 9.10. The van der Waals surface area contributed by atoms with Crippen LogP contribution in [0.15, 0.2) is 10.8 Å². The molecule has 1 aliphatic rings. The van der Waals surface area contributed by atoms with E-state index in [4.69, 9.17) is 4.74 Å². The Kier molecular flexibility index (Phi) is 5.97. The Labute approximate surface area is 173 Å². The number of carbonyl (C=O) groups excluding carboxylic acids is 1. The molecular formula is C18H28BrN7O2. The highest BCUT2D eigenvalue weighted by atomic mass is 79.9. The maximum absolute atomic E-state index is 12.2. The number of likely N-dealkylation sites (tertiary alicyclic amines) is 1. The van der Waals surface area contributed by atoms with Gasteiger partial charge in [0.25, 0.3) is 0 Å². The Hall–Kier alpha value is -2.10. The van der Waals surface area contributed by atoms with Crippen LogP contribution in [0.2, 0.25) is 0 Å². The van der Waals surface area contributed by atoms with Crippen LogP contribution < -0.4 is 10.6 Å². The monoisotopic (exact) mass is 453 g/mol. The SMILES string of the molecule is CC(C)Nc1nc(NC2CCN(C(=O)OC(C)(C)C)CC2)c2ncc(Br)n2n1. The van der Waals surface area contributed by atoms with Gasteiger partial charge in [0, 0.05) is 25.2 Å². The fourth-order valence-corrected chi connectivity index (χ4v) is 3.35. The van der Waals surface area contributed by atoms with E-state index in [1.54, 1.807) is 15.6 Å². The number of nitrogens with zero attached hydrogens (tertiary/aromatic N) is 5. The third kappa shape index (κ3) is 5.03. The number of hydrogen-bond acceptors (Lipinski definition) is 7. The van der Waals surface area contributed by atoms with Crippen molar-refractivity contribution in [1.82, 2.24) is 24.5 Å². The lowest BCUT2D eigenvalue weighted by Gasteiger charge is -2.33. The number of fused-ring (bicyclic) bond motifs is 1. The van der Waals surface area contributed by atoms with Gasteiger partial charge in [0.05, 0.1) is 6.20 Å². The first-order chi connectivity index (χ1) is 13.1. The highest BCUT2D eigenvalue weighted by Crippen LogP contribution is 2.23. The molecule has 1 fully saturated rings. The van der Waals surface area contributed by atoms with Crippen LogP contribution in [0.25, 0.3) is 5.65 Å². The van der Waals surface area contributed by atoms with Crippen molar-refractivity contribution in [2.45, 2.75) is 65.1 Å². The Morgan fingerprint density at radius 1 is 1.32 bits per heavy atom. The molecule has 10 heteroatoms. The molecule has 2 N–H and O–H groups in total. The second-order valence-electron chi connectivity index (χ2n) is 8.29. The van der Waals surface area contributed by atoms with Crippen LogP contribution in [0, 0.1) is 0 Å². The summed E-state index contributed by atoms with van der Waals surface area (Å²) in [6.45, 7) is 11.0. The molecule has 3 heterocycles. The Balaban J connectivity index is 1.69. The average Bonchev–Trinajstić information content (AvgIpc) is 2.95. The van der Waals surface area contributed by atoms with Gasteiger partial charge in [-0.15, -0.1) is 5.10 Å². The van der Waals surface area contributed by atoms with Crippen molar-refractivity contribution in [3.05, 3.63) is 10.8 Å². The summed E-state index contributed by atoms with van der Waals surface area (Å²) in [7, 11) is 0. The van der Waals surface area contributed by atoms with Crippen LogP contribution in [-0.4, -0.2) is 61.3 Å². The minimum absolute atomic E-state index is 0.194. The first-order valence-corrected chi connectivity index (χ1v) is 10.3. The third-order valence-corrected chi connectivity index (χ3v) is 4.77. The first-order valence-electron chi connectivity index (χ1n) is 9.54. The number of nitrogens with one attached hydrogen (secondary N) is 2. The number of halogens is 1. The topological polar surface area (TPSA) is 96.7 Å². The molecule has 0 radical (unpaired) electrons. The fraction of sp³-hybridized carbons (Fsp3) is 0.667. The van der Waals surface area contributed by atoms with Crippen molar-refractivity contribution in [1.29, 1.82) is 0 Å². The van der Waals surface area contributed by atoms with Crippen molar-refractivity contribution >= 4 is 39.4 Å². The lowest BCUT2D eigenvalue weighted by Crippen LogP contribution is -2.44. The average molecular weight is 454 g/mol. The second-order valence-corrected chi connectivity index (χ2v) is 9.10. The van der Waals surface area contributed by atoms with Gasteiger partial charge in [-0.2, -0.15) is 9.50 Å². The van der Waals surface area contributed by atoms with Gasteiger partial charge in [0.15, 0.2) is 11.5 Å². The molecule has 0 aliphatic carbocycles. The number of amides is 1. The van der Waals surface area contributed by atoms with Crippen molar-refractivity contribution in [2.75, 3.05) is 23.7 Å².